The number of imidazole rings is 1. The molecular formula is C20H22F3N3O2. The molecule has 1 unspecified atom stereocenters. The van der Waals surface area contributed by atoms with Crippen molar-refractivity contribution in [2.75, 3.05) is 6.54 Å². The summed E-state index contributed by atoms with van der Waals surface area (Å²) < 4.78 is 42.4. The first-order valence-corrected chi connectivity index (χ1v) is 9.08. The van der Waals surface area contributed by atoms with Crippen LogP contribution in [-0.4, -0.2) is 28.2 Å². The van der Waals surface area contributed by atoms with Gasteiger partial charge in [-0.05, 0) is 62.0 Å². The molecule has 0 saturated carbocycles. The number of hydrogen-bond donors (Lipinski definition) is 1. The molecule has 2 heterocycles. The molecule has 150 valence electrons. The normalized spacial score (nSPS) is 16.9. The van der Waals surface area contributed by atoms with Crippen molar-refractivity contribution < 1.29 is 22.7 Å². The van der Waals surface area contributed by atoms with E-state index in [1.807, 2.05) is 33.0 Å². The van der Waals surface area contributed by atoms with Gasteiger partial charge >= 0.3 is 6.36 Å². The zero-order valence-corrected chi connectivity index (χ0v) is 15.9. The highest BCUT2D eigenvalue weighted by Gasteiger charge is 2.32. The molecular weight excluding hydrogens is 371 g/mol. The van der Waals surface area contributed by atoms with Gasteiger partial charge in [0.05, 0.1) is 5.69 Å². The Morgan fingerprint density at radius 2 is 2.11 bits per heavy atom. The Labute approximate surface area is 160 Å². The zero-order valence-electron chi connectivity index (χ0n) is 15.9. The fourth-order valence-electron chi connectivity index (χ4n) is 3.13. The smallest absolute Gasteiger partial charge is 0.406 e. The van der Waals surface area contributed by atoms with Gasteiger partial charge in [0.2, 0.25) is 0 Å². The van der Waals surface area contributed by atoms with E-state index in [9.17, 15) is 18.0 Å². The molecule has 0 radical (unpaired) electrons. The summed E-state index contributed by atoms with van der Waals surface area (Å²) in [6, 6.07) is 1.95. The van der Waals surface area contributed by atoms with Gasteiger partial charge in [0.15, 0.2) is 0 Å². The van der Waals surface area contributed by atoms with Gasteiger partial charge in [-0.25, -0.2) is 4.98 Å². The summed E-state index contributed by atoms with van der Waals surface area (Å²) in [5.74, 6) is -0.573. The zero-order chi connectivity index (χ0) is 20.5. The van der Waals surface area contributed by atoms with Crippen molar-refractivity contribution in [3.05, 3.63) is 58.8 Å². The first-order chi connectivity index (χ1) is 13.2. The second-order valence-electron chi connectivity index (χ2n) is 6.85. The van der Waals surface area contributed by atoms with Crippen LogP contribution in [0.5, 0.6) is 0 Å². The number of halogens is 3. The second-order valence-corrected chi connectivity index (χ2v) is 6.85. The van der Waals surface area contributed by atoms with Crippen LogP contribution in [0.3, 0.4) is 0 Å². The van der Waals surface area contributed by atoms with E-state index in [-0.39, 0.29) is 17.6 Å². The summed E-state index contributed by atoms with van der Waals surface area (Å²) in [5.41, 5.74) is 4.08. The van der Waals surface area contributed by atoms with E-state index in [1.54, 1.807) is 10.5 Å². The van der Waals surface area contributed by atoms with Crippen LogP contribution in [0.2, 0.25) is 0 Å². The van der Waals surface area contributed by atoms with Gasteiger partial charge < -0.3 is 10.1 Å². The number of nitrogens with zero attached hydrogens (tertiary/aromatic N) is 2. The molecule has 1 amide bonds. The van der Waals surface area contributed by atoms with E-state index in [0.717, 1.165) is 16.8 Å². The molecule has 8 heteroatoms. The monoisotopic (exact) mass is 393 g/mol. The van der Waals surface area contributed by atoms with Crippen LogP contribution >= 0.6 is 0 Å². The Hall–Kier alpha value is -2.77. The molecule has 0 aromatic carbocycles. The van der Waals surface area contributed by atoms with Crippen LogP contribution in [0.25, 0.3) is 5.65 Å². The Kier molecular flexibility index (Phi) is 5.49. The summed E-state index contributed by atoms with van der Waals surface area (Å²) in [5, 5.41) is 2.88. The first-order valence-electron chi connectivity index (χ1n) is 9.08. The largest absolute Gasteiger partial charge is 0.573 e. The molecule has 0 aliphatic heterocycles. The molecule has 1 atom stereocenters. The third-order valence-corrected chi connectivity index (χ3v) is 4.76. The summed E-state index contributed by atoms with van der Waals surface area (Å²) >= 11 is 0. The second kappa shape index (κ2) is 7.69. The van der Waals surface area contributed by atoms with Crippen molar-refractivity contribution in [3.8, 4) is 0 Å². The Balaban J connectivity index is 1.69. The third-order valence-electron chi connectivity index (χ3n) is 4.76. The van der Waals surface area contributed by atoms with Gasteiger partial charge in [-0.1, -0.05) is 13.0 Å². The van der Waals surface area contributed by atoms with Crippen LogP contribution in [0.1, 0.15) is 40.7 Å². The standard InChI is InChI=1S/C20H22F3N3O2/c1-4-16-18(26-11-13(3)12(2)9-17(26)25-16)19(27)24-10-14-5-7-15(8-6-14)28-20(21,22)23/h5,7-9,11,14H,4,6,10H2,1-3H3,(H,24,27). The van der Waals surface area contributed by atoms with Crippen LogP contribution in [0, 0.1) is 19.8 Å². The molecule has 1 N–H and O–H groups in total. The number of amides is 1. The van der Waals surface area contributed by atoms with Crippen molar-refractivity contribution >= 4 is 11.6 Å². The lowest BCUT2D eigenvalue weighted by molar-refractivity contribution is -0.303. The summed E-state index contributed by atoms with van der Waals surface area (Å²) in [6.07, 6.45) is 2.45. The van der Waals surface area contributed by atoms with Gasteiger partial charge in [-0.15, -0.1) is 13.2 Å². The van der Waals surface area contributed by atoms with Gasteiger partial charge in [-0.3, -0.25) is 9.20 Å². The third kappa shape index (κ3) is 4.37. The minimum atomic E-state index is -4.70. The van der Waals surface area contributed by atoms with Crippen molar-refractivity contribution in [2.45, 2.75) is 40.0 Å². The molecule has 2 aromatic heterocycles. The maximum absolute atomic E-state index is 12.8. The summed E-state index contributed by atoms with van der Waals surface area (Å²) in [4.78, 5) is 17.4. The number of alkyl halides is 3. The first kappa shape index (κ1) is 20.0. The Morgan fingerprint density at radius 1 is 1.36 bits per heavy atom. The van der Waals surface area contributed by atoms with Crippen molar-refractivity contribution in [2.24, 2.45) is 5.92 Å². The SMILES string of the molecule is CCc1nc2cc(C)c(C)cn2c1C(=O)NCC1C=CC(OC(F)(F)F)=CC1. The topological polar surface area (TPSA) is 55.6 Å². The van der Waals surface area contributed by atoms with E-state index in [0.29, 0.717) is 30.8 Å². The number of carbonyl (C=O) groups is 1. The molecule has 2 aromatic rings. The Morgan fingerprint density at radius 3 is 2.71 bits per heavy atom. The number of hydrogen-bond acceptors (Lipinski definition) is 3. The molecule has 5 nitrogen and oxygen atoms in total. The number of ether oxygens (including phenoxy) is 1. The highest BCUT2D eigenvalue weighted by molar-refractivity contribution is 5.94. The highest BCUT2D eigenvalue weighted by atomic mass is 19.4. The molecule has 1 aliphatic carbocycles. The van der Waals surface area contributed by atoms with Crippen LogP contribution in [-0.2, 0) is 11.2 Å². The predicted molar refractivity (Wildman–Crippen MR) is 98.8 cm³/mol. The minimum absolute atomic E-state index is 0.0993. The number of aromatic nitrogens is 2. The fourth-order valence-corrected chi connectivity index (χ4v) is 3.13. The molecule has 0 spiro atoms. The van der Waals surface area contributed by atoms with E-state index in [1.165, 1.54) is 12.2 Å². The van der Waals surface area contributed by atoms with Crippen LogP contribution < -0.4 is 5.32 Å². The number of rotatable bonds is 5. The molecule has 3 rings (SSSR count). The van der Waals surface area contributed by atoms with E-state index in [4.69, 9.17) is 0 Å². The quantitative estimate of drug-likeness (QED) is 0.827. The molecule has 28 heavy (non-hydrogen) atoms. The lowest BCUT2D eigenvalue weighted by atomic mass is 10.00. The van der Waals surface area contributed by atoms with Gasteiger partial charge in [0.25, 0.3) is 5.91 Å². The van der Waals surface area contributed by atoms with Crippen LogP contribution in [0.15, 0.2) is 36.3 Å². The van der Waals surface area contributed by atoms with Crippen molar-refractivity contribution in [3.63, 3.8) is 0 Å². The van der Waals surface area contributed by atoms with E-state index < -0.39 is 6.36 Å². The molecule has 0 saturated heterocycles. The van der Waals surface area contributed by atoms with Crippen LogP contribution in [0.4, 0.5) is 13.2 Å². The molecule has 0 fully saturated rings. The average molecular weight is 393 g/mol. The number of fused-ring (bicyclic) bond motifs is 1. The maximum Gasteiger partial charge on any atom is 0.573 e. The van der Waals surface area contributed by atoms with E-state index >= 15 is 0 Å². The lowest BCUT2D eigenvalue weighted by Gasteiger charge is -2.18. The fraction of sp³-hybridized carbons (Fsp3) is 0.400. The molecule has 1 aliphatic rings. The Bertz CT molecular complexity index is 958. The number of nitrogens with one attached hydrogen (secondary N) is 1. The molecule has 0 bridgehead atoms. The number of aryl methyl sites for hydroxylation is 3. The maximum atomic E-state index is 12.8. The summed E-state index contributed by atoms with van der Waals surface area (Å²) in [6.45, 7) is 6.22. The van der Waals surface area contributed by atoms with Crippen molar-refractivity contribution in [1.29, 1.82) is 0 Å². The van der Waals surface area contributed by atoms with Crippen molar-refractivity contribution in [1.82, 2.24) is 14.7 Å². The average Bonchev–Trinajstić information content (AvgIpc) is 2.97. The highest BCUT2D eigenvalue weighted by Crippen LogP contribution is 2.25. The van der Waals surface area contributed by atoms with Gasteiger partial charge in [0.1, 0.15) is 17.1 Å². The number of allylic oxidation sites excluding steroid dienone is 2. The predicted octanol–water partition coefficient (Wildman–Crippen LogP) is 4.24. The number of carbonyl (C=O) groups excluding carboxylic acids is 1. The minimum Gasteiger partial charge on any atom is -0.406 e. The summed E-state index contributed by atoms with van der Waals surface area (Å²) in [7, 11) is 0. The van der Waals surface area contributed by atoms with Gasteiger partial charge in [-0.2, -0.15) is 0 Å². The number of pyridine rings is 1. The van der Waals surface area contributed by atoms with Gasteiger partial charge in [0, 0.05) is 12.7 Å². The lowest BCUT2D eigenvalue weighted by Crippen LogP contribution is -2.30. The van der Waals surface area contributed by atoms with E-state index in [2.05, 4.69) is 15.0 Å².